The summed E-state index contributed by atoms with van der Waals surface area (Å²) < 4.78 is 28.0. The van der Waals surface area contributed by atoms with Crippen LogP contribution >= 0.6 is 11.3 Å². The highest BCUT2D eigenvalue weighted by atomic mass is 32.2. The number of fused-ring (bicyclic) bond motifs is 1. The molecule has 27 heavy (non-hydrogen) atoms. The zero-order valence-electron chi connectivity index (χ0n) is 15.4. The Bertz CT molecular complexity index is 990. The fourth-order valence-electron chi connectivity index (χ4n) is 3.19. The number of esters is 1. The predicted molar refractivity (Wildman–Crippen MR) is 104 cm³/mol. The number of amides is 1. The summed E-state index contributed by atoms with van der Waals surface area (Å²) in [5.41, 5.74) is 1.72. The van der Waals surface area contributed by atoms with E-state index in [0.29, 0.717) is 22.0 Å². The number of hydrogen-bond acceptors (Lipinski definition) is 6. The van der Waals surface area contributed by atoms with E-state index in [2.05, 4.69) is 12.2 Å². The summed E-state index contributed by atoms with van der Waals surface area (Å²) in [6, 6.07) is 5.71. The second-order valence-electron chi connectivity index (χ2n) is 6.80. The molecule has 1 N–H and O–H groups in total. The summed E-state index contributed by atoms with van der Waals surface area (Å²) in [4.78, 5) is 26.2. The molecule has 8 heteroatoms. The summed E-state index contributed by atoms with van der Waals surface area (Å²) in [7, 11) is -2.00. The summed E-state index contributed by atoms with van der Waals surface area (Å²) in [5, 5.41) is 3.29. The second kappa shape index (κ2) is 7.44. The van der Waals surface area contributed by atoms with Crippen molar-refractivity contribution in [3.8, 4) is 0 Å². The van der Waals surface area contributed by atoms with Gasteiger partial charge in [-0.05, 0) is 55.0 Å². The summed E-state index contributed by atoms with van der Waals surface area (Å²) in [5.74, 6) is -0.314. The molecule has 1 unspecified atom stereocenters. The average Bonchev–Trinajstić information content (AvgIpc) is 2.97. The summed E-state index contributed by atoms with van der Waals surface area (Å²) in [6.07, 6.45) is 3.77. The van der Waals surface area contributed by atoms with E-state index in [1.54, 1.807) is 0 Å². The molecule has 3 rings (SSSR count). The monoisotopic (exact) mass is 407 g/mol. The third-order valence-corrected chi connectivity index (χ3v) is 6.97. The topological polar surface area (TPSA) is 89.5 Å². The van der Waals surface area contributed by atoms with Crippen LogP contribution in [0.4, 0.5) is 5.00 Å². The summed E-state index contributed by atoms with van der Waals surface area (Å²) in [6.45, 7) is 2.17. The number of methoxy groups -OCH3 is 1. The minimum absolute atomic E-state index is 0.148. The van der Waals surface area contributed by atoms with Crippen molar-refractivity contribution < 1.29 is 22.7 Å². The van der Waals surface area contributed by atoms with Gasteiger partial charge in [-0.3, -0.25) is 4.79 Å². The van der Waals surface area contributed by atoms with Gasteiger partial charge in [0.15, 0.2) is 9.84 Å². The van der Waals surface area contributed by atoms with Gasteiger partial charge in [-0.1, -0.05) is 6.92 Å². The molecule has 1 atom stereocenters. The third-order valence-electron chi connectivity index (χ3n) is 4.67. The van der Waals surface area contributed by atoms with Crippen LogP contribution in [-0.4, -0.2) is 33.7 Å². The number of nitrogens with one attached hydrogen (secondary N) is 1. The molecule has 0 fully saturated rings. The number of hydrogen-bond donors (Lipinski definition) is 1. The van der Waals surface area contributed by atoms with Gasteiger partial charge >= 0.3 is 5.97 Å². The minimum atomic E-state index is -3.32. The Kier molecular flexibility index (Phi) is 5.39. The maximum Gasteiger partial charge on any atom is 0.341 e. The lowest BCUT2D eigenvalue weighted by atomic mass is 9.88. The molecule has 2 aromatic rings. The quantitative estimate of drug-likeness (QED) is 0.786. The third kappa shape index (κ3) is 4.06. The van der Waals surface area contributed by atoms with Crippen LogP contribution in [0.25, 0.3) is 0 Å². The van der Waals surface area contributed by atoms with Crippen molar-refractivity contribution in [1.82, 2.24) is 0 Å². The molecule has 0 radical (unpaired) electrons. The molecule has 1 heterocycles. The highest BCUT2D eigenvalue weighted by Gasteiger charge is 2.29. The Labute approximate surface area is 162 Å². The van der Waals surface area contributed by atoms with Crippen molar-refractivity contribution in [3.05, 3.63) is 45.8 Å². The van der Waals surface area contributed by atoms with Crippen molar-refractivity contribution in [2.24, 2.45) is 5.92 Å². The molecule has 0 saturated heterocycles. The maximum atomic E-state index is 12.6. The first-order valence-electron chi connectivity index (χ1n) is 8.55. The number of thiophene rings is 1. The highest BCUT2D eigenvalue weighted by Crippen LogP contribution is 2.40. The highest BCUT2D eigenvalue weighted by molar-refractivity contribution is 7.90. The van der Waals surface area contributed by atoms with E-state index in [0.717, 1.165) is 36.0 Å². The second-order valence-corrected chi connectivity index (χ2v) is 9.92. The zero-order chi connectivity index (χ0) is 19.8. The normalized spacial score (nSPS) is 16.5. The smallest absolute Gasteiger partial charge is 0.341 e. The van der Waals surface area contributed by atoms with E-state index >= 15 is 0 Å². The van der Waals surface area contributed by atoms with Crippen LogP contribution < -0.4 is 5.32 Å². The molecule has 0 bridgehead atoms. The van der Waals surface area contributed by atoms with Gasteiger partial charge < -0.3 is 10.1 Å². The number of rotatable bonds is 4. The largest absolute Gasteiger partial charge is 0.465 e. The van der Waals surface area contributed by atoms with Crippen LogP contribution in [0.2, 0.25) is 0 Å². The SMILES string of the molecule is COC(=O)c1c(NC(=O)c2ccc(S(C)(=O)=O)cc2)sc2c1CCC(C)C2. The van der Waals surface area contributed by atoms with Gasteiger partial charge in [0, 0.05) is 16.7 Å². The average molecular weight is 408 g/mol. The standard InChI is InChI=1S/C19H21NO5S2/c1-11-4-9-14-15(10-11)26-18(16(14)19(22)25-2)20-17(21)12-5-7-13(8-6-12)27(3,23)24/h5-8,11H,4,9-10H2,1-3H3,(H,20,21). The van der Waals surface area contributed by atoms with Gasteiger partial charge in [0.2, 0.25) is 0 Å². The van der Waals surface area contributed by atoms with Crippen molar-refractivity contribution in [2.45, 2.75) is 31.1 Å². The Morgan fingerprint density at radius 1 is 1.22 bits per heavy atom. The van der Waals surface area contributed by atoms with Crippen molar-refractivity contribution >= 4 is 38.1 Å². The lowest BCUT2D eigenvalue weighted by Gasteiger charge is -2.18. The van der Waals surface area contributed by atoms with Crippen LogP contribution in [0.3, 0.4) is 0 Å². The van der Waals surface area contributed by atoms with Crippen LogP contribution in [0.5, 0.6) is 0 Å². The molecule has 1 aromatic heterocycles. The van der Waals surface area contributed by atoms with Gasteiger partial charge in [0.1, 0.15) is 5.00 Å². The first-order chi connectivity index (χ1) is 12.7. The van der Waals surface area contributed by atoms with Crippen molar-refractivity contribution in [2.75, 3.05) is 18.7 Å². The van der Waals surface area contributed by atoms with E-state index in [1.807, 2.05) is 0 Å². The number of sulfone groups is 1. The van der Waals surface area contributed by atoms with Gasteiger partial charge in [-0.25, -0.2) is 13.2 Å². The van der Waals surface area contributed by atoms with E-state index < -0.39 is 21.7 Å². The Balaban J connectivity index is 1.91. The van der Waals surface area contributed by atoms with E-state index in [4.69, 9.17) is 4.74 Å². The predicted octanol–water partition coefficient (Wildman–Crippen LogP) is 3.32. The van der Waals surface area contributed by atoms with Crippen LogP contribution in [0, 0.1) is 5.92 Å². The fraction of sp³-hybridized carbons (Fsp3) is 0.368. The fourth-order valence-corrected chi connectivity index (χ4v) is 5.21. The number of benzene rings is 1. The van der Waals surface area contributed by atoms with Crippen molar-refractivity contribution in [1.29, 1.82) is 0 Å². The maximum absolute atomic E-state index is 12.6. The molecule has 1 aliphatic carbocycles. The lowest BCUT2D eigenvalue weighted by Crippen LogP contribution is -2.16. The van der Waals surface area contributed by atoms with Gasteiger partial charge in [-0.15, -0.1) is 11.3 Å². The molecule has 6 nitrogen and oxygen atoms in total. The summed E-state index contributed by atoms with van der Waals surface area (Å²) >= 11 is 1.41. The number of carbonyl (C=O) groups is 2. The molecular weight excluding hydrogens is 386 g/mol. The molecule has 0 saturated carbocycles. The first kappa shape index (κ1) is 19.6. The number of anilines is 1. The molecule has 1 aliphatic rings. The van der Waals surface area contributed by atoms with Gasteiger partial charge in [0.25, 0.3) is 5.91 Å². The minimum Gasteiger partial charge on any atom is -0.465 e. The molecule has 1 aromatic carbocycles. The molecule has 144 valence electrons. The van der Waals surface area contributed by atoms with Gasteiger partial charge in [0.05, 0.1) is 17.6 Å². The first-order valence-corrected chi connectivity index (χ1v) is 11.3. The molecule has 1 amide bonds. The lowest BCUT2D eigenvalue weighted by molar-refractivity contribution is 0.0601. The van der Waals surface area contributed by atoms with Crippen molar-refractivity contribution in [3.63, 3.8) is 0 Å². The zero-order valence-corrected chi connectivity index (χ0v) is 17.0. The van der Waals surface area contributed by atoms with Crippen LogP contribution in [-0.2, 0) is 27.4 Å². The van der Waals surface area contributed by atoms with Crippen LogP contribution in [0.1, 0.15) is 44.5 Å². The van der Waals surface area contributed by atoms with Crippen LogP contribution in [0.15, 0.2) is 29.2 Å². The van der Waals surface area contributed by atoms with E-state index in [9.17, 15) is 18.0 Å². The Morgan fingerprint density at radius 2 is 1.89 bits per heavy atom. The Morgan fingerprint density at radius 3 is 2.48 bits per heavy atom. The number of carbonyl (C=O) groups excluding carboxylic acids is 2. The number of ether oxygens (including phenoxy) is 1. The Hall–Kier alpha value is -2.19. The molecule has 0 aliphatic heterocycles. The van der Waals surface area contributed by atoms with E-state index in [-0.39, 0.29) is 4.90 Å². The molecule has 0 spiro atoms. The molecular formula is C19H21NO5S2. The van der Waals surface area contributed by atoms with Gasteiger partial charge in [-0.2, -0.15) is 0 Å². The van der Waals surface area contributed by atoms with E-state index in [1.165, 1.54) is 42.7 Å².